The Bertz CT molecular complexity index is 436. The number of alkyl halides is 1. The zero-order valence-electron chi connectivity index (χ0n) is 9.72. The number of amides is 1. The molecule has 2 nitrogen and oxygen atoms in total. The Morgan fingerprint density at radius 1 is 1.47 bits per heavy atom. The fourth-order valence-electron chi connectivity index (χ4n) is 2.09. The first kappa shape index (κ1) is 12.7. The van der Waals surface area contributed by atoms with Gasteiger partial charge in [-0.15, -0.1) is 11.6 Å². The molecule has 0 radical (unpaired) electrons. The number of rotatable bonds is 3. The maximum atomic E-state index is 12.1. The Hall–Kier alpha value is -0.730. The second kappa shape index (κ2) is 4.87. The van der Waals surface area contributed by atoms with E-state index in [-0.39, 0.29) is 11.4 Å². The van der Waals surface area contributed by atoms with E-state index < -0.39 is 0 Å². The monoisotopic (exact) mass is 271 g/mol. The molecule has 0 heterocycles. The number of benzene rings is 1. The van der Waals surface area contributed by atoms with Crippen LogP contribution in [0.1, 0.15) is 35.2 Å². The van der Waals surface area contributed by atoms with Gasteiger partial charge in [-0.3, -0.25) is 4.79 Å². The molecule has 1 aliphatic rings. The van der Waals surface area contributed by atoms with Crippen LogP contribution in [0.25, 0.3) is 0 Å². The van der Waals surface area contributed by atoms with E-state index in [4.69, 9.17) is 23.2 Å². The third kappa shape index (κ3) is 2.58. The molecule has 2 rings (SSSR count). The largest absolute Gasteiger partial charge is 0.345 e. The lowest BCUT2D eigenvalue weighted by molar-refractivity contribution is 0.0853. The van der Waals surface area contributed by atoms with E-state index in [9.17, 15) is 4.79 Å². The Morgan fingerprint density at radius 2 is 2.18 bits per heavy atom. The molecule has 4 heteroatoms. The van der Waals surface area contributed by atoms with Crippen molar-refractivity contribution in [2.45, 2.75) is 31.7 Å². The van der Waals surface area contributed by atoms with Crippen LogP contribution in [0.4, 0.5) is 0 Å². The van der Waals surface area contributed by atoms with E-state index in [0.29, 0.717) is 16.5 Å². The predicted molar refractivity (Wildman–Crippen MR) is 71.0 cm³/mol. The van der Waals surface area contributed by atoms with E-state index in [0.717, 1.165) is 24.8 Å². The highest BCUT2D eigenvalue weighted by Gasteiger charge is 2.37. The summed E-state index contributed by atoms with van der Waals surface area (Å²) in [4.78, 5) is 12.1. The van der Waals surface area contributed by atoms with Gasteiger partial charge >= 0.3 is 0 Å². The lowest BCUT2D eigenvalue weighted by Crippen LogP contribution is -2.55. The number of halogens is 2. The van der Waals surface area contributed by atoms with E-state index in [2.05, 4.69) is 5.32 Å². The minimum atomic E-state index is -0.190. The first-order valence-electron chi connectivity index (χ1n) is 5.71. The molecule has 0 aromatic heterocycles. The molecule has 1 aliphatic carbocycles. The van der Waals surface area contributed by atoms with Gasteiger partial charge in [0.2, 0.25) is 0 Å². The number of nitrogens with one attached hydrogen (secondary N) is 1. The molecule has 0 bridgehead atoms. The molecule has 0 aliphatic heterocycles. The zero-order valence-corrected chi connectivity index (χ0v) is 11.2. The Labute approximate surface area is 111 Å². The maximum Gasteiger partial charge on any atom is 0.252 e. The van der Waals surface area contributed by atoms with Crippen molar-refractivity contribution in [1.82, 2.24) is 5.32 Å². The predicted octanol–water partition coefficient (Wildman–Crippen LogP) is 3.54. The summed E-state index contributed by atoms with van der Waals surface area (Å²) in [6.45, 7) is 1.88. The quantitative estimate of drug-likeness (QED) is 0.838. The number of aryl methyl sites for hydroxylation is 1. The highest BCUT2D eigenvalue weighted by Crippen LogP contribution is 2.33. The number of hydrogen-bond donors (Lipinski definition) is 1. The van der Waals surface area contributed by atoms with Crippen LogP contribution >= 0.6 is 23.2 Å². The molecule has 1 saturated carbocycles. The van der Waals surface area contributed by atoms with Crippen molar-refractivity contribution in [3.8, 4) is 0 Å². The van der Waals surface area contributed by atoms with Gasteiger partial charge in [0.25, 0.3) is 5.91 Å². The van der Waals surface area contributed by atoms with Gasteiger partial charge in [0.15, 0.2) is 0 Å². The van der Waals surface area contributed by atoms with E-state index in [1.807, 2.05) is 6.92 Å². The van der Waals surface area contributed by atoms with E-state index >= 15 is 0 Å². The zero-order chi connectivity index (χ0) is 12.5. The molecule has 0 spiro atoms. The van der Waals surface area contributed by atoms with Crippen molar-refractivity contribution in [2.75, 3.05) is 5.88 Å². The molecule has 1 aromatic rings. The highest BCUT2D eigenvalue weighted by molar-refractivity contribution is 6.30. The van der Waals surface area contributed by atoms with Crippen molar-refractivity contribution < 1.29 is 4.79 Å². The fourth-order valence-corrected chi connectivity index (χ4v) is 2.65. The summed E-state index contributed by atoms with van der Waals surface area (Å²) in [5.74, 6) is 0.422. The van der Waals surface area contributed by atoms with Gasteiger partial charge in [-0.25, -0.2) is 0 Å². The maximum absolute atomic E-state index is 12.1. The van der Waals surface area contributed by atoms with Crippen LogP contribution in [-0.2, 0) is 0 Å². The van der Waals surface area contributed by atoms with Crippen LogP contribution in [0.15, 0.2) is 18.2 Å². The van der Waals surface area contributed by atoms with Gasteiger partial charge in [0.1, 0.15) is 0 Å². The van der Waals surface area contributed by atoms with Crippen molar-refractivity contribution in [2.24, 2.45) is 0 Å². The average Bonchev–Trinajstić information content (AvgIpc) is 2.23. The summed E-state index contributed by atoms with van der Waals surface area (Å²) in [6, 6.07) is 5.29. The molecule has 92 valence electrons. The van der Waals surface area contributed by atoms with Crippen LogP contribution in [0.2, 0.25) is 5.02 Å². The van der Waals surface area contributed by atoms with Crippen LogP contribution in [0.3, 0.4) is 0 Å². The molecule has 1 aromatic carbocycles. The van der Waals surface area contributed by atoms with Gasteiger partial charge in [0.05, 0.1) is 5.54 Å². The van der Waals surface area contributed by atoms with Crippen molar-refractivity contribution in [3.05, 3.63) is 34.3 Å². The Morgan fingerprint density at radius 3 is 2.65 bits per heavy atom. The third-order valence-electron chi connectivity index (χ3n) is 3.38. The Kier molecular flexibility index (Phi) is 3.64. The first-order chi connectivity index (χ1) is 8.06. The van der Waals surface area contributed by atoms with Crippen molar-refractivity contribution >= 4 is 29.1 Å². The molecule has 17 heavy (non-hydrogen) atoms. The molecule has 0 unspecified atom stereocenters. The normalized spacial score (nSPS) is 17.4. The molecule has 0 atom stereocenters. The molecule has 1 fully saturated rings. The molecule has 1 amide bonds. The van der Waals surface area contributed by atoms with Crippen molar-refractivity contribution in [3.63, 3.8) is 0 Å². The van der Waals surface area contributed by atoms with Gasteiger partial charge < -0.3 is 5.32 Å². The smallest absolute Gasteiger partial charge is 0.252 e. The number of carbonyl (C=O) groups excluding carboxylic acids is 1. The van der Waals surface area contributed by atoms with Crippen LogP contribution in [-0.4, -0.2) is 17.3 Å². The van der Waals surface area contributed by atoms with E-state index in [1.54, 1.807) is 18.2 Å². The average molecular weight is 272 g/mol. The minimum Gasteiger partial charge on any atom is -0.345 e. The minimum absolute atomic E-state index is 0.0560. The standard InChI is InChI=1S/C13H15Cl2NO/c1-9-7-10(15)3-4-11(9)12(17)16-13(8-14)5-2-6-13/h3-4,7H,2,5-6,8H2,1H3,(H,16,17). The van der Waals surface area contributed by atoms with Crippen LogP contribution in [0.5, 0.6) is 0 Å². The van der Waals surface area contributed by atoms with Gasteiger partial charge in [-0.1, -0.05) is 11.6 Å². The molecular formula is C13H15Cl2NO. The second-order valence-electron chi connectivity index (χ2n) is 4.68. The van der Waals surface area contributed by atoms with Crippen molar-refractivity contribution in [1.29, 1.82) is 0 Å². The topological polar surface area (TPSA) is 29.1 Å². The second-order valence-corrected chi connectivity index (χ2v) is 5.38. The van der Waals surface area contributed by atoms with Gasteiger partial charge in [0, 0.05) is 16.5 Å². The SMILES string of the molecule is Cc1cc(Cl)ccc1C(=O)NC1(CCl)CCC1. The van der Waals surface area contributed by atoms with E-state index in [1.165, 1.54) is 0 Å². The summed E-state index contributed by atoms with van der Waals surface area (Å²) in [6.07, 6.45) is 3.07. The number of carbonyl (C=O) groups is 1. The highest BCUT2D eigenvalue weighted by atomic mass is 35.5. The third-order valence-corrected chi connectivity index (χ3v) is 4.12. The summed E-state index contributed by atoms with van der Waals surface area (Å²) < 4.78 is 0. The molecular weight excluding hydrogens is 257 g/mol. The lowest BCUT2D eigenvalue weighted by atomic mass is 9.78. The summed E-state index contributed by atoms with van der Waals surface area (Å²) >= 11 is 11.8. The Balaban J connectivity index is 2.14. The molecule has 1 N–H and O–H groups in total. The molecule has 0 saturated heterocycles. The summed E-state index contributed by atoms with van der Waals surface area (Å²) in [5, 5.41) is 3.69. The summed E-state index contributed by atoms with van der Waals surface area (Å²) in [7, 11) is 0. The van der Waals surface area contributed by atoms with Gasteiger partial charge in [-0.2, -0.15) is 0 Å². The first-order valence-corrected chi connectivity index (χ1v) is 6.62. The number of hydrogen-bond acceptors (Lipinski definition) is 1. The van der Waals surface area contributed by atoms with Crippen LogP contribution in [0, 0.1) is 6.92 Å². The van der Waals surface area contributed by atoms with Gasteiger partial charge in [-0.05, 0) is 49.9 Å². The fraction of sp³-hybridized carbons (Fsp3) is 0.462. The van der Waals surface area contributed by atoms with Crippen LogP contribution < -0.4 is 5.32 Å². The summed E-state index contributed by atoms with van der Waals surface area (Å²) in [5.41, 5.74) is 1.37. The lowest BCUT2D eigenvalue weighted by Gasteiger charge is -2.41.